The minimum atomic E-state index is 0.415. The van der Waals surface area contributed by atoms with Crippen LogP contribution >= 0.6 is 11.6 Å². The largest absolute Gasteiger partial charge is 0.355 e. The van der Waals surface area contributed by atoms with Gasteiger partial charge in [-0.1, -0.05) is 42.3 Å². The van der Waals surface area contributed by atoms with Crippen LogP contribution in [-0.2, 0) is 0 Å². The molecule has 0 bridgehead atoms. The number of aryl methyl sites for hydroxylation is 1. The summed E-state index contributed by atoms with van der Waals surface area (Å²) in [6.45, 7) is 4.37. The first kappa shape index (κ1) is 10.7. The van der Waals surface area contributed by atoms with Gasteiger partial charge in [0.05, 0.1) is 0 Å². The zero-order chi connectivity index (χ0) is 12.0. The highest BCUT2D eigenvalue weighted by Crippen LogP contribution is 2.41. The van der Waals surface area contributed by atoms with Crippen LogP contribution < -0.4 is 5.32 Å². The molecule has 1 heterocycles. The molecule has 1 unspecified atom stereocenters. The molecule has 2 aromatic carbocycles. The maximum absolute atomic E-state index is 6.04. The summed E-state index contributed by atoms with van der Waals surface area (Å²) < 4.78 is 0. The van der Waals surface area contributed by atoms with Crippen LogP contribution in [0.15, 0.2) is 36.4 Å². The van der Waals surface area contributed by atoms with Gasteiger partial charge < -0.3 is 5.32 Å². The molecule has 0 amide bonds. The van der Waals surface area contributed by atoms with Crippen LogP contribution in [0, 0.1) is 6.92 Å². The molecule has 1 atom stereocenters. The van der Waals surface area contributed by atoms with Crippen LogP contribution in [0.2, 0.25) is 5.02 Å². The fraction of sp³-hybridized carbons (Fsp3) is 0.200. The number of halogens is 1. The van der Waals surface area contributed by atoms with Gasteiger partial charge in [0.2, 0.25) is 0 Å². The number of rotatable bonds is 0. The molecule has 1 aliphatic heterocycles. The minimum absolute atomic E-state index is 0.415. The molecule has 0 saturated carbocycles. The van der Waals surface area contributed by atoms with E-state index < -0.39 is 0 Å². The zero-order valence-electron chi connectivity index (χ0n) is 9.92. The van der Waals surface area contributed by atoms with Crippen molar-refractivity contribution in [1.82, 2.24) is 0 Å². The Kier molecular flexibility index (Phi) is 2.37. The predicted molar refractivity (Wildman–Crippen MR) is 73.4 cm³/mol. The lowest BCUT2D eigenvalue weighted by Crippen LogP contribution is -2.10. The van der Waals surface area contributed by atoms with Gasteiger partial charge in [-0.15, -0.1) is 0 Å². The lowest BCUT2D eigenvalue weighted by atomic mass is 9.87. The van der Waals surface area contributed by atoms with E-state index in [9.17, 15) is 0 Å². The molecule has 2 heteroatoms. The number of fused-ring (bicyclic) bond motifs is 2. The molecule has 1 nitrogen and oxygen atoms in total. The molecular formula is C15H14ClN. The summed E-state index contributed by atoms with van der Waals surface area (Å²) in [6.07, 6.45) is 0. The lowest BCUT2D eigenvalue weighted by molar-refractivity contribution is 0.910. The first-order valence-corrected chi connectivity index (χ1v) is 6.20. The van der Waals surface area contributed by atoms with Crippen molar-refractivity contribution in [2.45, 2.75) is 19.8 Å². The van der Waals surface area contributed by atoms with Gasteiger partial charge in [0.1, 0.15) is 0 Å². The van der Waals surface area contributed by atoms with E-state index in [1.54, 1.807) is 0 Å². The normalized spacial score (nSPS) is 17.0. The average molecular weight is 244 g/mol. The lowest BCUT2D eigenvalue weighted by Gasteiger charge is -2.27. The third-order valence-electron chi connectivity index (χ3n) is 3.42. The third-order valence-corrected chi connectivity index (χ3v) is 3.66. The minimum Gasteiger partial charge on any atom is -0.355 e. The molecular weight excluding hydrogens is 230 g/mol. The van der Waals surface area contributed by atoms with E-state index in [-0.39, 0.29) is 0 Å². The van der Waals surface area contributed by atoms with Crippen LogP contribution in [0.25, 0.3) is 0 Å². The Morgan fingerprint density at radius 1 is 1.00 bits per heavy atom. The summed E-state index contributed by atoms with van der Waals surface area (Å²) >= 11 is 6.04. The summed E-state index contributed by atoms with van der Waals surface area (Å²) in [7, 11) is 0. The Morgan fingerprint density at radius 3 is 2.65 bits per heavy atom. The number of hydrogen-bond donors (Lipinski definition) is 1. The standard InChI is InChI=1S/C15H14ClN/c1-9-3-6-14-13(7-9)10(2)12-5-4-11(16)8-15(12)17-14/h3-8,10,17H,1-2H3. The molecule has 0 saturated heterocycles. The quantitative estimate of drug-likeness (QED) is 0.697. The first-order valence-electron chi connectivity index (χ1n) is 5.82. The highest BCUT2D eigenvalue weighted by molar-refractivity contribution is 6.30. The van der Waals surface area contributed by atoms with Gasteiger partial charge >= 0.3 is 0 Å². The maximum atomic E-state index is 6.04. The van der Waals surface area contributed by atoms with E-state index >= 15 is 0 Å². The van der Waals surface area contributed by atoms with Gasteiger partial charge in [0, 0.05) is 22.3 Å². The van der Waals surface area contributed by atoms with Crippen molar-refractivity contribution in [3.8, 4) is 0 Å². The summed E-state index contributed by atoms with van der Waals surface area (Å²) in [6, 6.07) is 12.6. The van der Waals surface area contributed by atoms with Crippen molar-refractivity contribution >= 4 is 23.0 Å². The summed E-state index contributed by atoms with van der Waals surface area (Å²) in [5, 5.41) is 4.23. The highest BCUT2D eigenvalue weighted by atomic mass is 35.5. The summed E-state index contributed by atoms with van der Waals surface area (Å²) in [4.78, 5) is 0. The zero-order valence-corrected chi connectivity index (χ0v) is 10.7. The molecule has 0 aliphatic carbocycles. The van der Waals surface area contributed by atoms with Gasteiger partial charge in [-0.25, -0.2) is 0 Å². The second-order valence-corrected chi connectivity index (χ2v) is 5.11. The monoisotopic (exact) mass is 243 g/mol. The van der Waals surface area contributed by atoms with Crippen molar-refractivity contribution in [1.29, 1.82) is 0 Å². The smallest absolute Gasteiger partial charge is 0.0437 e. The maximum Gasteiger partial charge on any atom is 0.0437 e. The van der Waals surface area contributed by atoms with Crippen molar-refractivity contribution in [3.05, 3.63) is 58.1 Å². The van der Waals surface area contributed by atoms with Crippen LogP contribution in [0.1, 0.15) is 29.5 Å². The third kappa shape index (κ3) is 1.71. The molecule has 3 rings (SSSR count). The molecule has 1 aliphatic rings. The van der Waals surface area contributed by atoms with Crippen LogP contribution in [0.5, 0.6) is 0 Å². The topological polar surface area (TPSA) is 12.0 Å². The van der Waals surface area contributed by atoms with Gasteiger partial charge in [0.15, 0.2) is 0 Å². The van der Waals surface area contributed by atoms with Crippen LogP contribution in [-0.4, -0.2) is 0 Å². The Labute approximate surface area is 106 Å². The molecule has 0 aromatic heterocycles. The number of hydrogen-bond acceptors (Lipinski definition) is 1. The van der Waals surface area contributed by atoms with E-state index in [0.717, 1.165) is 10.7 Å². The molecule has 17 heavy (non-hydrogen) atoms. The second kappa shape index (κ2) is 3.78. The van der Waals surface area contributed by atoms with E-state index in [2.05, 4.69) is 43.4 Å². The average Bonchev–Trinajstić information content (AvgIpc) is 2.30. The van der Waals surface area contributed by atoms with Crippen molar-refractivity contribution in [2.75, 3.05) is 5.32 Å². The van der Waals surface area contributed by atoms with E-state index in [0.29, 0.717) is 5.92 Å². The molecule has 0 fully saturated rings. The number of benzene rings is 2. The Bertz CT molecular complexity index is 589. The fourth-order valence-corrected chi connectivity index (χ4v) is 2.65. The Balaban J connectivity index is 2.17. The van der Waals surface area contributed by atoms with Crippen LogP contribution in [0.3, 0.4) is 0 Å². The molecule has 2 aromatic rings. The molecule has 86 valence electrons. The molecule has 0 radical (unpaired) electrons. The first-order chi connectivity index (χ1) is 8.15. The molecule has 0 spiro atoms. The van der Waals surface area contributed by atoms with E-state index in [1.807, 2.05) is 12.1 Å². The summed E-state index contributed by atoms with van der Waals surface area (Å²) in [5.74, 6) is 0.415. The fourth-order valence-electron chi connectivity index (χ4n) is 2.48. The van der Waals surface area contributed by atoms with E-state index in [4.69, 9.17) is 11.6 Å². The van der Waals surface area contributed by atoms with Gasteiger partial charge in [-0.2, -0.15) is 0 Å². The predicted octanol–water partition coefficient (Wildman–Crippen LogP) is 4.86. The van der Waals surface area contributed by atoms with Gasteiger partial charge in [-0.05, 0) is 36.2 Å². The second-order valence-electron chi connectivity index (χ2n) is 4.67. The number of nitrogens with one attached hydrogen (secondary N) is 1. The van der Waals surface area contributed by atoms with Crippen molar-refractivity contribution in [3.63, 3.8) is 0 Å². The van der Waals surface area contributed by atoms with Crippen LogP contribution in [0.4, 0.5) is 11.4 Å². The van der Waals surface area contributed by atoms with E-state index in [1.165, 1.54) is 22.4 Å². The number of anilines is 2. The van der Waals surface area contributed by atoms with Gasteiger partial charge in [0.25, 0.3) is 0 Å². The highest BCUT2D eigenvalue weighted by Gasteiger charge is 2.21. The summed E-state index contributed by atoms with van der Waals surface area (Å²) in [5.41, 5.74) is 6.29. The van der Waals surface area contributed by atoms with Crippen molar-refractivity contribution < 1.29 is 0 Å². The Hall–Kier alpha value is -1.47. The SMILES string of the molecule is Cc1ccc2c(c1)C(C)c1ccc(Cl)cc1N2. The van der Waals surface area contributed by atoms with Crippen molar-refractivity contribution in [2.24, 2.45) is 0 Å². The van der Waals surface area contributed by atoms with Gasteiger partial charge in [-0.3, -0.25) is 0 Å². The Morgan fingerprint density at radius 2 is 1.82 bits per heavy atom. The molecule has 1 N–H and O–H groups in total.